The molecular weight excluding hydrogens is 755 g/mol. The van der Waals surface area contributed by atoms with Crippen molar-refractivity contribution in [3.8, 4) is 6.07 Å². The van der Waals surface area contributed by atoms with E-state index in [1.807, 2.05) is 54.7 Å². The van der Waals surface area contributed by atoms with Crippen molar-refractivity contribution in [3.05, 3.63) is 142 Å². The maximum Gasteiger partial charge on any atom is 0.251 e. The maximum absolute atomic E-state index is 13.3. The van der Waals surface area contributed by atoms with Crippen LogP contribution in [0.4, 0.5) is 20.2 Å². The summed E-state index contributed by atoms with van der Waals surface area (Å²) < 4.78 is 26.6. The number of halogens is 4. The zero-order valence-corrected chi connectivity index (χ0v) is 31.7. The van der Waals surface area contributed by atoms with Crippen molar-refractivity contribution in [2.75, 3.05) is 36.0 Å². The van der Waals surface area contributed by atoms with Crippen LogP contribution in [-0.4, -0.2) is 60.0 Å². The second kappa shape index (κ2) is 17.3. The van der Waals surface area contributed by atoms with Gasteiger partial charge in [0.05, 0.1) is 22.7 Å². The van der Waals surface area contributed by atoms with Crippen molar-refractivity contribution in [2.45, 2.75) is 37.8 Å². The average Bonchev–Trinajstić information content (AvgIpc) is 3.20. The van der Waals surface area contributed by atoms with Crippen LogP contribution in [0, 0.1) is 23.0 Å². The Hall–Kier alpha value is -5.83. The molecule has 0 aliphatic carbocycles. The summed E-state index contributed by atoms with van der Waals surface area (Å²) in [7, 11) is 0. The molecule has 2 saturated heterocycles. The predicted octanol–water partition coefficient (Wildman–Crippen LogP) is 8.72. The molecule has 56 heavy (non-hydrogen) atoms. The van der Waals surface area contributed by atoms with Crippen LogP contribution >= 0.6 is 23.2 Å². The van der Waals surface area contributed by atoms with Gasteiger partial charge in [-0.15, -0.1) is 0 Å². The number of rotatable bonds is 6. The van der Waals surface area contributed by atoms with E-state index < -0.39 is 17.5 Å². The van der Waals surface area contributed by atoms with Crippen molar-refractivity contribution in [1.82, 2.24) is 20.6 Å². The number of fused-ring (bicyclic) bond motifs is 2. The topological polar surface area (TPSA) is 114 Å². The summed E-state index contributed by atoms with van der Waals surface area (Å²) in [6.45, 7) is 3.21. The van der Waals surface area contributed by atoms with Crippen LogP contribution < -0.4 is 20.4 Å². The van der Waals surface area contributed by atoms with E-state index in [0.29, 0.717) is 21.2 Å². The van der Waals surface area contributed by atoms with Crippen molar-refractivity contribution in [1.29, 1.82) is 5.26 Å². The molecule has 0 atom stereocenters. The van der Waals surface area contributed by atoms with Crippen molar-refractivity contribution in [2.24, 2.45) is 0 Å². The highest BCUT2D eigenvalue weighted by Gasteiger charge is 2.24. The van der Waals surface area contributed by atoms with Crippen LogP contribution in [0.1, 0.15) is 52.0 Å². The highest BCUT2D eigenvalue weighted by atomic mass is 35.5. The Morgan fingerprint density at radius 2 is 1.12 bits per heavy atom. The monoisotopic (exact) mass is 791 g/mol. The van der Waals surface area contributed by atoms with Gasteiger partial charge >= 0.3 is 0 Å². The molecule has 4 heterocycles. The molecule has 2 aliphatic heterocycles. The third-order valence-electron chi connectivity index (χ3n) is 10.1. The Morgan fingerprint density at radius 1 is 0.643 bits per heavy atom. The number of pyridine rings is 2. The van der Waals surface area contributed by atoms with Gasteiger partial charge in [-0.1, -0.05) is 29.3 Å². The molecule has 2 fully saturated rings. The fraction of sp³-hybridized carbons (Fsp3) is 0.233. The molecule has 0 spiro atoms. The molecular formula is C43H37Cl2F2N7O2. The Kier molecular flexibility index (Phi) is 11.9. The Balaban J connectivity index is 0.000000172. The number of carbonyl (C=O) groups excluding carboxylic acids is 2. The molecule has 2 N–H and O–H groups in total. The van der Waals surface area contributed by atoms with Crippen LogP contribution in [0.15, 0.2) is 103 Å². The van der Waals surface area contributed by atoms with Gasteiger partial charge in [0.25, 0.3) is 11.8 Å². The summed E-state index contributed by atoms with van der Waals surface area (Å²) in [4.78, 5) is 38.1. The van der Waals surface area contributed by atoms with Crippen LogP contribution in [-0.2, 0) is 0 Å². The van der Waals surface area contributed by atoms with Gasteiger partial charge in [0.15, 0.2) is 0 Å². The van der Waals surface area contributed by atoms with E-state index in [-0.39, 0.29) is 23.6 Å². The molecule has 6 aromatic rings. The fourth-order valence-electron chi connectivity index (χ4n) is 7.25. The molecule has 0 saturated carbocycles. The quantitative estimate of drug-likeness (QED) is 0.174. The molecule has 0 unspecified atom stereocenters. The zero-order valence-electron chi connectivity index (χ0n) is 30.2. The number of amides is 2. The van der Waals surface area contributed by atoms with E-state index >= 15 is 0 Å². The SMILES string of the molecule is N#Cc1cccc(C(=O)NC2CCN(c3ccnc4cc(Cl)ccc34)CC2)c1.O=C(NC1CCN(c2ccnc3cc(Cl)ccc23)CC1)c1cc(F)cc(F)c1. The highest BCUT2D eigenvalue weighted by molar-refractivity contribution is 6.31. The molecule has 2 aromatic heterocycles. The number of benzene rings is 4. The van der Waals surface area contributed by atoms with E-state index in [0.717, 1.165) is 103 Å². The smallest absolute Gasteiger partial charge is 0.251 e. The molecule has 284 valence electrons. The van der Waals surface area contributed by atoms with Gasteiger partial charge in [0.2, 0.25) is 0 Å². The Morgan fingerprint density at radius 3 is 1.61 bits per heavy atom. The van der Waals surface area contributed by atoms with E-state index in [2.05, 4.69) is 36.5 Å². The highest BCUT2D eigenvalue weighted by Crippen LogP contribution is 2.31. The zero-order chi connectivity index (χ0) is 39.2. The first-order valence-corrected chi connectivity index (χ1v) is 19.1. The van der Waals surface area contributed by atoms with Crippen molar-refractivity contribution >= 4 is 68.2 Å². The normalized spacial score (nSPS) is 14.8. The summed E-state index contributed by atoms with van der Waals surface area (Å²) in [6.07, 6.45) is 6.77. The number of anilines is 2. The first kappa shape index (κ1) is 38.4. The lowest BCUT2D eigenvalue weighted by Gasteiger charge is -2.34. The van der Waals surface area contributed by atoms with Crippen LogP contribution in [0.3, 0.4) is 0 Å². The minimum Gasteiger partial charge on any atom is -0.371 e. The van der Waals surface area contributed by atoms with Crippen LogP contribution in [0.5, 0.6) is 0 Å². The van der Waals surface area contributed by atoms with Crippen LogP contribution in [0.25, 0.3) is 21.8 Å². The molecule has 2 amide bonds. The standard InChI is InChI=1S/C22H19ClN4O.C21H18ClF2N3O/c23-17-4-5-19-20(13-17)25-9-6-21(19)27-10-7-18(8-11-27)26-22(28)16-3-1-2-15(12-16)14-24;22-14-1-2-18-19(11-14)25-6-3-20(18)27-7-4-17(5-8-27)26-21(28)13-9-15(23)12-16(24)10-13/h1-6,9,12-13,18H,7-8,10-11H2,(H,26,28);1-3,6,9-12,17H,4-5,7-8H2,(H,26,28). The summed E-state index contributed by atoms with van der Waals surface area (Å²) >= 11 is 12.1. The molecule has 2 aliphatic rings. The molecule has 8 rings (SSSR count). The summed E-state index contributed by atoms with van der Waals surface area (Å²) in [6, 6.07) is 27.2. The van der Waals surface area contributed by atoms with E-state index in [1.54, 1.807) is 30.5 Å². The number of aromatic nitrogens is 2. The lowest BCUT2D eigenvalue weighted by Crippen LogP contribution is -2.44. The number of nitriles is 1. The number of nitrogens with zero attached hydrogens (tertiary/aromatic N) is 5. The number of piperidine rings is 2. The van der Waals surface area contributed by atoms with Gasteiger partial charge in [0, 0.05) is 100 Å². The largest absolute Gasteiger partial charge is 0.371 e. The molecule has 0 bridgehead atoms. The van der Waals surface area contributed by atoms with E-state index in [1.165, 1.54) is 0 Å². The number of nitrogens with one attached hydrogen (secondary N) is 2. The Labute approximate surface area is 332 Å². The fourth-order valence-corrected chi connectivity index (χ4v) is 7.58. The van der Waals surface area contributed by atoms with Gasteiger partial charge in [-0.25, -0.2) is 8.78 Å². The molecule has 9 nitrogen and oxygen atoms in total. The predicted molar refractivity (Wildman–Crippen MR) is 216 cm³/mol. The minimum absolute atomic E-state index is 0.00284. The third-order valence-corrected chi connectivity index (χ3v) is 10.6. The second-order valence-electron chi connectivity index (χ2n) is 13.8. The van der Waals surface area contributed by atoms with Gasteiger partial charge in [-0.2, -0.15) is 5.26 Å². The first-order valence-electron chi connectivity index (χ1n) is 18.3. The van der Waals surface area contributed by atoms with Gasteiger partial charge < -0.3 is 20.4 Å². The van der Waals surface area contributed by atoms with Gasteiger partial charge in [0.1, 0.15) is 11.6 Å². The summed E-state index contributed by atoms with van der Waals surface area (Å²) in [5.74, 6) is -2.10. The van der Waals surface area contributed by atoms with E-state index in [9.17, 15) is 18.4 Å². The summed E-state index contributed by atoms with van der Waals surface area (Å²) in [5.41, 5.74) is 4.97. The van der Waals surface area contributed by atoms with Crippen molar-refractivity contribution in [3.63, 3.8) is 0 Å². The van der Waals surface area contributed by atoms with E-state index in [4.69, 9.17) is 28.5 Å². The molecule has 13 heteroatoms. The van der Waals surface area contributed by atoms with Gasteiger partial charge in [-0.3, -0.25) is 19.6 Å². The third kappa shape index (κ3) is 9.16. The van der Waals surface area contributed by atoms with Crippen molar-refractivity contribution < 1.29 is 18.4 Å². The number of carbonyl (C=O) groups is 2. The Bertz CT molecular complexity index is 2420. The minimum atomic E-state index is -0.760. The van der Waals surface area contributed by atoms with Crippen LogP contribution in [0.2, 0.25) is 10.0 Å². The second-order valence-corrected chi connectivity index (χ2v) is 14.7. The number of hydrogen-bond donors (Lipinski definition) is 2. The lowest BCUT2D eigenvalue weighted by atomic mass is 10.0. The average molecular weight is 793 g/mol. The first-order chi connectivity index (χ1) is 27.1. The molecule has 0 radical (unpaired) electrons. The number of hydrogen-bond acceptors (Lipinski definition) is 7. The maximum atomic E-state index is 13.3. The summed E-state index contributed by atoms with van der Waals surface area (Å²) in [5, 5.41) is 18.4. The molecule has 4 aromatic carbocycles. The lowest BCUT2D eigenvalue weighted by molar-refractivity contribution is 0.0922. The van der Waals surface area contributed by atoms with Gasteiger partial charge in [-0.05, 0) is 105 Å².